The molecule has 0 unspecified atom stereocenters. The second-order valence-electron chi connectivity index (χ2n) is 12.0. The molecule has 0 amide bonds. The van der Waals surface area contributed by atoms with Gasteiger partial charge < -0.3 is 18.9 Å². The molecule has 8 nitrogen and oxygen atoms in total. The Kier molecular flexibility index (Phi) is 16.6. The van der Waals surface area contributed by atoms with Crippen molar-refractivity contribution in [1.29, 1.82) is 0 Å². The SMILES string of the molecule is CCC(C)(CC)CCCOC(=O)c1c(Cl)c(Cl)cc(Cl)c1OC(=O)C(=O)Oc1c(Cl)cc(Cl)c(Cl)c1C(=O)OCCCC(C)(CC)CC. The summed E-state index contributed by atoms with van der Waals surface area (Å²) in [6.45, 7) is 12.7. The molecule has 2 rings (SSSR count). The standard InChI is InChI=1S/C34H40Cl6O8/c1-7-33(5,8-2)13-11-15-45-29(41)23-25(39)19(35)17-21(37)27(23)47-31(43)32(44)48-28-22(38)18-20(36)26(40)24(28)30(42)46-16-12-14-34(6,9-3)10-4/h17-18H,7-16H2,1-6H3. The number of halogens is 6. The van der Waals surface area contributed by atoms with Crippen LogP contribution in [-0.4, -0.2) is 37.1 Å². The van der Waals surface area contributed by atoms with Crippen molar-refractivity contribution in [1.82, 2.24) is 0 Å². The topological polar surface area (TPSA) is 105 Å². The number of hydrogen-bond donors (Lipinski definition) is 0. The summed E-state index contributed by atoms with van der Waals surface area (Å²) in [6.07, 6.45) is 6.54. The zero-order valence-electron chi connectivity index (χ0n) is 27.8. The van der Waals surface area contributed by atoms with Crippen LogP contribution < -0.4 is 9.47 Å². The van der Waals surface area contributed by atoms with Gasteiger partial charge in [-0.3, -0.25) is 0 Å². The van der Waals surface area contributed by atoms with Gasteiger partial charge in [0.25, 0.3) is 0 Å². The van der Waals surface area contributed by atoms with Crippen LogP contribution in [0.25, 0.3) is 0 Å². The zero-order chi connectivity index (χ0) is 36.4. The first-order chi connectivity index (χ1) is 22.5. The maximum atomic E-state index is 13.1. The van der Waals surface area contributed by atoms with Gasteiger partial charge in [0.1, 0.15) is 11.1 Å². The summed E-state index contributed by atoms with van der Waals surface area (Å²) in [7, 11) is 0. The van der Waals surface area contributed by atoms with Gasteiger partial charge >= 0.3 is 23.9 Å². The highest BCUT2D eigenvalue weighted by atomic mass is 35.5. The van der Waals surface area contributed by atoms with Gasteiger partial charge in [-0.05, 0) is 48.6 Å². The second-order valence-corrected chi connectivity index (χ2v) is 14.4. The number of ether oxygens (including phenoxy) is 4. The highest BCUT2D eigenvalue weighted by molar-refractivity contribution is 6.47. The van der Waals surface area contributed by atoms with E-state index >= 15 is 0 Å². The fraction of sp³-hybridized carbons (Fsp3) is 0.529. The first kappa shape index (κ1) is 42.2. The third kappa shape index (κ3) is 11.0. The van der Waals surface area contributed by atoms with Gasteiger partial charge in [0.2, 0.25) is 0 Å². The normalized spacial score (nSPS) is 11.7. The third-order valence-corrected chi connectivity index (χ3v) is 11.1. The molecule has 0 saturated heterocycles. The molecule has 0 radical (unpaired) electrons. The lowest BCUT2D eigenvalue weighted by Gasteiger charge is -2.26. The third-order valence-electron chi connectivity index (χ3n) is 8.95. The molecule has 0 heterocycles. The maximum absolute atomic E-state index is 13.1. The summed E-state index contributed by atoms with van der Waals surface area (Å²) in [5.74, 6) is -6.43. The van der Waals surface area contributed by atoms with E-state index in [0.29, 0.717) is 12.8 Å². The van der Waals surface area contributed by atoms with Crippen LogP contribution in [0, 0.1) is 10.8 Å². The van der Waals surface area contributed by atoms with Crippen molar-refractivity contribution in [2.45, 2.75) is 92.9 Å². The quantitative estimate of drug-likeness (QED) is 0.0544. The molecule has 0 aliphatic heterocycles. The fourth-order valence-corrected chi connectivity index (χ4v) is 6.11. The van der Waals surface area contributed by atoms with E-state index in [4.69, 9.17) is 88.6 Å². The van der Waals surface area contributed by atoms with Crippen molar-refractivity contribution < 1.29 is 38.1 Å². The molecule has 48 heavy (non-hydrogen) atoms. The second kappa shape index (κ2) is 18.9. The highest BCUT2D eigenvalue weighted by Crippen LogP contribution is 2.42. The Morgan fingerprint density at radius 2 is 0.875 bits per heavy atom. The van der Waals surface area contributed by atoms with Crippen LogP contribution in [0.5, 0.6) is 11.5 Å². The van der Waals surface area contributed by atoms with E-state index in [1.807, 2.05) is 0 Å². The summed E-state index contributed by atoms with van der Waals surface area (Å²) in [6, 6.07) is 2.25. The average molecular weight is 789 g/mol. The minimum atomic E-state index is -1.65. The number of hydrogen-bond acceptors (Lipinski definition) is 8. The summed E-state index contributed by atoms with van der Waals surface area (Å²) in [4.78, 5) is 52.2. The predicted octanol–water partition coefficient (Wildman–Crippen LogP) is 11.6. The molecule has 14 heteroatoms. The molecule has 266 valence electrons. The monoisotopic (exact) mass is 786 g/mol. The minimum Gasteiger partial charge on any atom is -0.462 e. The molecule has 0 atom stereocenters. The zero-order valence-corrected chi connectivity index (χ0v) is 32.3. The van der Waals surface area contributed by atoms with Crippen molar-refractivity contribution in [2.75, 3.05) is 13.2 Å². The molecule has 0 spiro atoms. The number of rotatable bonds is 16. The molecule has 0 bridgehead atoms. The van der Waals surface area contributed by atoms with E-state index in [9.17, 15) is 19.2 Å². The molecule has 0 N–H and O–H groups in total. The Morgan fingerprint density at radius 1 is 0.562 bits per heavy atom. The minimum absolute atomic E-state index is 0.0372. The lowest BCUT2D eigenvalue weighted by molar-refractivity contribution is -0.156. The maximum Gasteiger partial charge on any atom is 0.423 e. The predicted molar refractivity (Wildman–Crippen MR) is 191 cm³/mol. The summed E-state index contributed by atoms with van der Waals surface area (Å²) >= 11 is 37.4. The first-order valence-electron chi connectivity index (χ1n) is 15.6. The molecule has 0 aliphatic rings. The van der Waals surface area contributed by atoms with Gasteiger partial charge in [-0.1, -0.05) is 137 Å². The van der Waals surface area contributed by atoms with Gasteiger partial charge in [-0.25, -0.2) is 19.2 Å². The molecule has 2 aromatic rings. The van der Waals surface area contributed by atoms with Gasteiger partial charge in [-0.2, -0.15) is 0 Å². The number of carbonyl (C=O) groups is 4. The van der Waals surface area contributed by atoms with E-state index in [1.54, 1.807) is 0 Å². The summed E-state index contributed by atoms with van der Waals surface area (Å²) in [5.41, 5.74) is -0.765. The van der Waals surface area contributed by atoms with Gasteiger partial charge in [0.05, 0.1) is 43.3 Å². The Labute approximate surface area is 311 Å². The lowest BCUT2D eigenvalue weighted by atomic mass is 9.80. The Bertz CT molecular complexity index is 1390. The smallest absolute Gasteiger partial charge is 0.423 e. The fourth-order valence-electron chi connectivity index (χ4n) is 4.67. The van der Waals surface area contributed by atoms with Crippen molar-refractivity contribution in [3.63, 3.8) is 0 Å². The molecule has 2 aromatic carbocycles. The molecule has 0 fully saturated rings. The highest BCUT2D eigenvalue weighted by Gasteiger charge is 2.32. The molecular formula is C34H40Cl6O8. The van der Waals surface area contributed by atoms with Crippen LogP contribution in [-0.2, 0) is 19.1 Å². The van der Waals surface area contributed by atoms with Crippen LogP contribution in [0.15, 0.2) is 12.1 Å². The van der Waals surface area contributed by atoms with E-state index in [-0.39, 0.29) is 54.2 Å². The molecule has 0 saturated carbocycles. The number of esters is 4. The van der Waals surface area contributed by atoms with Crippen molar-refractivity contribution in [3.8, 4) is 11.5 Å². The van der Waals surface area contributed by atoms with E-state index in [2.05, 4.69) is 41.5 Å². The van der Waals surface area contributed by atoms with Gasteiger partial charge in [0, 0.05) is 0 Å². The van der Waals surface area contributed by atoms with Crippen LogP contribution >= 0.6 is 69.6 Å². The summed E-state index contributed by atoms with van der Waals surface area (Å²) in [5, 5.41) is -1.52. The number of benzene rings is 2. The largest absolute Gasteiger partial charge is 0.462 e. The van der Waals surface area contributed by atoms with E-state index in [1.165, 1.54) is 0 Å². The molecule has 0 aromatic heterocycles. The van der Waals surface area contributed by atoms with Crippen LogP contribution in [0.2, 0.25) is 30.1 Å². The molecular weight excluding hydrogens is 749 g/mol. The lowest BCUT2D eigenvalue weighted by Crippen LogP contribution is -2.27. The average Bonchev–Trinajstić information content (AvgIpc) is 3.05. The van der Waals surface area contributed by atoms with E-state index in [0.717, 1.165) is 50.7 Å². The molecule has 0 aliphatic carbocycles. The van der Waals surface area contributed by atoms with Gasteiger partial charge in [0.15, 0.2) is 11.5 Å². The van der Waals surface area contributed by atoms with Crippen LogP contribution in [0.3, 0.4) is 0 Å². The van der Waals surface area contributed by atoms with Crippen molar-refractivity contribution in [3.05, 3.63) is 53.4 Å². The Balaban J connectivity index is 2.28. The van der Waals surface area contributed by atoms with Gasteiger partial charge in [-0.15, -0.1) is 0 Å². The number of carbonyl (C=O) groups excluding carboxylic acids is 4. The summed E-state index contributed by atoms with van der Waals surface area (Å²) < 4.78 is 21.1. The Hall–Kier alpha value is -1.94. The van der Waals surface area contributed by atoms with Crippen LogP contribution in [0.1, 0.15) is 114 Å². The van der Waals surface area contributed by atoms with Crippen molar-refractivity contribution >= 4 is 93.5 Å². The van der Waals surface area contributed by atoms with E-state index < -0.39 is 46.5 Å². The first-order valence-corrected chi connectivity index (χ1v) is 17.9. The van der Waals surface area contributed by atoms with Crippen LogP contribution in [0.4, 0.5) is 0 Å². The Morgan fingerprint density at radius 3 is 1.17 bits per heavy atom. The van der Waals surface area contributed by atoms with Crippen molar-refractivity contribution in [2.24, 2.45) is 10.8 Å².